The van der Waals surface area contributed by atoms with E-state index in [2.05, 4.69) is 15.6 Å². The van der Waals surface area contributed by atoms with E-state index in [0.717, 1.165) is 49.3 Å². The first-order valence-electron chi connectivity index (χ1n) is 12.9. The van der Waals surface area contributed by atoms with Gasteiger partial charge in [-0.05, 0) is 50.2 Å². The quantitative estimate of drug-likeness (QED) is 0.559. The van der Waals surface area contributed by atoms with E-state index in [-0.39, 0.29) is 41.6 Å². The summed E-state index contributed by atoms with van der Waals surface area (Å²) in [6.45, 7) is -0.132. The number of pyridine rings is 1. The molecular formula is C25H36N4O5S. The van der Waals surface area contributed by atoms with Gasteiger partial charge in [0.15, 0.2) is 10.8 Å². The highest BCUT2D eigenvalue weighted by atomic mass is 32.2. The molecular weight excluding hydrogens is 468 g/mol. The van der Waals surface area contributed by atoms with Crippen molar-refractivity contribution in [2.24, 2.45) is 11.8 Å². The molecule has 0 spiro atoms. The van der Waals surface area contributed by atoms with E-state index >= 15 is 0 Å². The molecule has 10 heteroatoms. The van der Waals surface area contributed by atoms with Crippen LogP contribution in [0.4, 0.5) is 0 Å². The predicted molar refractivity (Wildman–Crippen MR) is 130 cm³/mol. The molecule has 9 nitrogen and oxygen atoms in total. The smallest absolute Gasteiger partial charge is 0.260 e. The predicted octanol–water partition coefficient (Wildman–Crippen LogP) is 2.18. The molecule has 3 fully saturated rings. The van der Waals surface area contributed by atoms with Gasteiger partial charge in [0, 0.05) is 18.7 Å². The number of ketones is 1. The van der Waals surface area contributed by atoms with E-state index in [4.69, 9.17) is 0 Å². The number of nitrogens with zero attached hydrogens (tertiary/aromatic N) is 2. The van der Waals surface area contributed by atoms with E-state index in [1.165, 1.54) is 18.7 Å². The Morgan fingerprint density at radius 2 is 1.80 bits per heavy atom. The Labute approximate surface area is 207 Å². The van der Waals surface area contributed by atoms with Gasteiger partial charge in [-0.2, -0.15) is 4.31 Å². The number of hydrogen-bond donors (Lipinski definition) is 2. The lowest BCUT2D eigenvalue weighted by molar-refractivity contribution is -0.134. The summed E-state index contributed by atoms with van der Waals surface area (Å²) < 4.78 is 27.0. The molecule has 1 saturated heterocycles. The zero-order chi connectivity index (χ0) is 24.8. The van der Waals surface area contributed by atoms with E-state index < -0.39 is 22.1 Å². The Morgan fingerprint density at radius 1 is 1.03 bits per heavy atom. The third-order valence-electron chi connectivity index (χ3n) is 7.58. The van der Waals surface area contributed by atoms with Crippen molar-refractivity contribution >= 4 is 27.6 Å². The van der Waals surface area contributed by atoms with Crippen LogP contribution in [-0.2, 0) is 24.4 Å². The van der Waals surface area contributed by atoms with Gasteiger partial charge in [-0.25, -0.2) is 13.4 Å². The maximum Gasteiger partial charge on any atom is 0.260 e. The third-order valence-corrected chi connectivity index (χ3v) is 9.34. The fourth-order valence-electron chi connectivity index (χ4n) is 5.21. The normalized spacial score (nSPS) is 23.7. The van der Waals surface area contributed by atoms with Gasteiger partial charge in [0.25, 0.3) is 10.0 Å². The van der Waals surface area contributed by atoms with Crippen molar-refractivity contribution < 1.29 is 22.8 Å². The van der Waals surface area contributed by atoms with E-state index in [0.29, 0.717) is 25.2 Å². The zero-order valence-corrected chi connectivity index (χ0v) is 21.0. The van der Waals surface area contributed by atoms with Gasteiger partial charge in [0.2, 0.25) is 11.8 Å². The van der Waals surface area contributed by atoms with Crippen molar-refractivity contribution in [1.29, 1.82) is 0 Å². The van der Waals surface area contributed by atoms with Crippen molar-refractivity contribution in [3.63, 3.8) is 0 Å². The van der Waals surface area contributed by atoms with Crippen LogP contribution in [-0.4, -0.2) is 60.5 Å². The molecule has 35 heavy (non-hydrogen) atoms. The Balaban J connectivity index is 1.41. The number of hydrogen-bond acceptors (Lipinski definition) is 6. The summed E-state index contributed by atoms with van der Waals surface area (Å²) in [6.07, 6.45) is 11.1. The first-order valence-corrected chi connectivity index (χ1v) is 14.3. The Hall–Kier alpha value is -2.33. The van der Waals surface area contributed by atoms with Crippen LogP contribution in [0.5, 0.6) is 0 Å². The molecule has 1 aromatic heterocycles. The van der Waals surface area contributed by atoms with Crippen LogP contribution in [0.1, 0.15) is 70.6 Å². The molecule has 4 rings (SSSR count). The number of Topliss-reactive ketones (excluding diaryl/α,β-unsaturated/α-hetero) is 1. The lowest BCUT2D eigenvalue weighted by Crippen LogP contribution is -2.54. The molecule has 3 aliphatic rings. The molecule has 2 N–H and O–H groups in total. The molecule has 1 aliphatic heterocycles. The SMILES string of the molecule is O=C(NC(CC1CCCCC1)C(=O)N[C@H]1CCCN(S(=O)(=O)c2ccccn2)CC1=O)C1CCC1. The summed E-state index contributed by atoms with van der Waals surface area (Å²) in [5.74, 6) is -0.418. The fourth-order valence-corrected chi connectivity index (χ4v) is 6.58. The standard InChI is InChI=1S/C25H36N4O5S/c30-22-17-29(35(33,34)23-13-4-5-14-26-23)15-7-12-20(22)27-25(32)21(16-18-8-2-1-3-9-18)28-24(31)19-10-6-11-19/h4-5,13-14,18-21H,1-3,6-12,15-17H2,(H,27,32)(H,28,31)/t20-,21?/m0/s1. The zero-order valence-electron chi connectivity index (χ0n) is 20.2. The van der Waals surface area contributed by atoms with Crippen LogP contribution >= 0.6 is 0 Å². The van der Waals surface area contributed by atoms with Crippen molar-refractivity contribution in [2.75, 3.05) is 13.1 Å². The minimum absolute atomic E-state index is 0.0264. The van der Waals surface area contributed by atoms with E-state index in [1.807, 2.05) is 0 Å². The highest BCUT2D eigenvalue weighted by Crippen LogP contribution is 2.29. The van der Waals surface area contributed by atoms with Crippen LogP contribution < -0.4 is 10.6 Å². The lowest BCUT2D eigenvalue weighted by Gasteiger charge is -2.30. The molecule has 2 atom stereocenters. The number of carbonyl (C=O) groups excluding carboxylic acids is 3. The number of sulfonamides is 1. The average molecular weight is 505 g/mol. The summed E-state index contributed by atoms with van der Waals surface area (Å²) in [5, 5.41) is 5.72. The second-order valence-electron chi connectivity index (χ2n) is 10.1. The molecule has 1 unspecified atom stereocenters. The van der Waals surface area contributed by atoms with Crippen molar-refractivity contribution in [2.45, 2.75) is 87.7 Å². The number of rotatable bonds is 8. The molecule has 0 radical (unpaired) electrons. The number of carbonyl (C=O) groups is 3. The largest absolute Gasteiger partial charge is 0.344 e. The number of nitrogens with one attached hydrogen (secondary N) is 2. The summed E-state index contributed by atoms with van der Waals surface area (Å²) in [5.41, 5.74) is 0. The summed E-state index contributed by atoms with van der Waals surface area (Å²) in [4.78, 5) is 42.9. The molecule has 2 heterocycles. The molecule has 192 valence electrons. The lowest BCUT2D eigenvalue weighted by atomic mass is 9.83. The minimum Gasteiger partial charge on any atom is -0.344 e. The molecule has 1 aromatic rings. The van der Waals surface area contributed by atoms with Gasteiger partial charge < -0.3 is 10.6 Å². The maximum absolute atomic E-state index is 13.3. The summed E-state index contributed by atoms with van der Waals surface area (Å²) >= 11 is 0. The topological polar surface area (TPSA) is 126 Å². The Kier molecular flexibility index (Phi) is 8.54. The highest BCUT2D eigenvalue weighted by molar-refractivity contribution is 7.89. The van der Waals surface area contributed by atoms with Crippen LogP contribution in [0.3, 0.4) is 0 Å². The van der Waals surface area contributed by atoms with Crippen molar-refractivity contribution in [3.8, 4) is 0 Å². The summed E-state index contributed by atoms with van der Waals surface area (Å²) in [6, 6.07) is 3.18. The average Bonchev–Trinajstić information content (AvgIpc) is 3.00. The maximum atomic E-state index is 13.3. The summed E-state index contributed by atoms with van der Waals surface area (Å²) in [7, 11) is -3.90. The van der Waals surface area contributed by atoms with Gasteiger partial charge in [-0.1, -0.05) is 44.6 Å². The molecule has 0 bridgehead atoms. The van der Waals surface area contributed by atoms with Crippen LogP contribution in [0, 0.1) is 11.8 Å². The van der Waals surface area contributed by atoms with Crippen LogP contribution in [0.15, 0.2) is 29.4 Å². The van der Waals surface area contributed by atoms with Crippen LogP contribution in [0.25, 0.3) is 0 Å². The van der Waals surface area contributed by atoms with Gasteiger partial charge in [0.05, 0.1) is 12.6 Å². The van der Waals surface area contributed by atoms with Gasteiger partial charge in [0.1, 0.15) is 6.04 Å². The molecule has 2 amide bonds. The van der Waals surface area contributed by atoms with Gasteiger partial charge in [-0.15, -0.1) is 0 Å². The Bertz CT molecular complexity index is 1010. The third kappa shape index (κ3) is 6.46. The molecule has 0 aromatic carbocycles. The van der Waals surface area contributed by atoms with E-state index in [9.17, 15) is 22.8 Å². The number of aromatic nitrogens is 1. The second-order valence-corrected chi connectivity index (χ2v) is 12.0. The van der Waals surface area contributed by atoms with Crippen molar-refractivity contribution in [1.82, 2.24) is 19.9 Å². The first kappa shape index (κ1) is 25.8. The molecule has 2 saturated carbocycles. The van der Waals surface area contributed by atoms with E-state index in [1.54, 1.807) is 12.1 Å². The highest BCUT2D eigenvalue weighted by Gasteiger charge is 2.36. The van der Waals surface area contributed by atoms with Gasteiger partial charge in [-0.3, -0.25) is 14.4 Å². The second kappa shape index (κ2) is 11.6. The first-order chi connectivity index (χ1) is 16.8. The minimum atomic E-state index is -3.90. The Morgan fingerprint density at radius 3 is 2.46 bits per heavy atom. The monoisotopic (exact) mass is 504 g/mol. The van der Waals surface area contributed by atoms with Gasteiger partial charge >= 0.3 is 0 Å². The van der Waals surface area contributed by atoms with Crippen molar-refractivity contribution in [3.05, 3.63) is 24.4 Å². The number of amides is 2. The molecule has 2 aliphatic carbocycles. The van der Waals surface area contributed by atoms with Crippen LogP contribution in [0.2, 0.25) is 0 Å². The fraction of sp³-hybridized carbons (Fsp3) is 0.680.